The van der Waals surface area contributed by atoms with Gasteiger partial charge in [0.25, 0.3) is 0 Å². The van der Waals surface area contributed by atoms with E-state index in [0.29, 0.717) is 5.30 Å². The van der Waals surface area contributed by atoms with Crippen LogP contribution in [-0.4, -0.2) is 14.7 Å². The van der Waals surface area contributed by atoms with E-state index in [1.807, 2.05) is 6.92 Å². The van der Waals surface area contributed by atoms with Gasteiger partial charge in [-0.1, -0.05) is 25.1 Å². The standard InChI is InChI=1S/C10H13O3P.HO3P/c1-2-3-9-13-14(11,12)10-7-5-4-6-8-10;1-4(2)3/h3-9H,2H2,1H3,(H,11,12);(H-,1,2,3)/p+1. The van der Waals surface area contributed by atoms with E-state index in [-0.39, 0.29) is 0 Å². The van der Waals surface area contributed by atoms with Crippen LogP contribution in [0.1, 0.15) is 13.3 Å². The monoisotopic (exact) mass is 293 g/mol. The number of hydrogen-bond acceptors (Lipinski definition) is 3. The fraction of sp³-hybridized carbons (Fsp3) is 0.200. The van der Waals surface area contributed by atoms with Crippen LogP contribution >= 0.6 is 15.9 Å². The first-order valence-electron chi connectivity index (χ1n) is 4.97. The molecule has 6 nitrogen and oxygen atoms in total. The minimum Gasteiger partial charge on any atom is -0.430 e. The van der Waals surface area contributed by atoms with E-state index in [0.717, 1.165) is 6.42 Å². The SMILES string of the molecule is CCC=COP(=O)(O)c1ccccc1.O=[P+](O)O. The molecule has 1 atom stereocenters. The lowest BCUT2D eigenvalue weighted by Gasteiger charge is -2.09. The summed E-state index contributed by atoms with van der Waals surface area (Å²) in [5.74, 6) is 0. The second-order valence-electron chi connectivity index (χ2n) is 2.99. The molecule has 18 heavy (non-hydrogen) atoms. The maximum atomic E-state index is 11.6. The van der Waals surface area contributed by atoms with Crippen molar-refractivity contribution in [3.05, 3.63) is 42.7 Å². The van der Waals surface area contributed by atoms with Crippen LogP contribution in [0.4, 0.5) is 0 Å². The molecule has 0 heterocycles. The zero-order valence-corrected chi connectivity index (χ0v) is 11.5. The third-order valence-corrected chi connectivity index (χ3v) is 2.98. The zero-order valence-electron chi connectivity index (χ0n) is 9.71. The van der Waals surface area contributed by atoms with Crippen LogP contribution in [0.3, 0.4) is 0 Å². The van der Waals surface area contributed by atoms with Crippen LogP contribution in [0.5, 0.6) is 0 Å². The Morgan fingerprint density at radius 2 is 1.83 bits per heavy atom. The second-order valence-corrected chi connectivity index (χ2v) is 5.27. The minimum atomic E-state index is -3.66. The summed E-state index contributed by atoms with van der Waals surface area (Å²) in [4.78, 5) is 23.7. The molecule has 1 rings (SSSR count). The lowest BCUT2D eigenvalue weighted by molar-refractivity contribution is 0.360. The number of benzene rings is 1. The maximum Gasteiger partial charge on any atom is 0.692 e. The average molecular weight is 293 g/mol. The Hall–Kier alpha value is -1.03. The fourth-order valence-electron chi connectivity index (χ4n) is 0.899. The van der Waals surface area contributed by atoms with Gasteiger partial charge < -0.3 is 9.42 Å². The third-order valence-electron chi connectivity index (χ3n) is 1.62. The molecule has 0 aliphatic carbocycles. The van der Waals surface area contributed by atoms with Crippen molar-refractivity contribution in [1.82, 2.24) is 0 Å². The summed E-state index contributed by atoms with van der Waals surface area (Å²) in [6.07, 6.45) is 3.73. The molecule has 0 fully saturated rings. The van der Waals surface area contributed by atoms with Crippen molar-refractivity contribution in [3.8, 4) is 0 Å². The van der Waals surface area contributed by atoms with Crippen molar-refractivity contribution in [3.63, 3.8) is 0 Å². The molecule has 0 aliphatic heterocycles. The molecule has 0 aliphatic rings. The molecule has 0 saturated heterocycles. The summed E-state index contributed by atoms with van der Waals surface area (Å²) in [5.41, 5.74) is 0. The molecule has 1 aromatic carbocycles. The molecule has 1 unspecified atom stereocenters. The van der Waals surface area contributed by atoms with Crippen molar-refractivity contribution in [2.75, 3.05) is 0 Å². The number of hydrogen-bond donors (Lipinski definition) is 3. The van der Waals surface area contributed by atoms with Crippen molar-refractivity contribution in [2.45, 2.75) is 13.3 Å². The molecule has 1 aromatic rings. The lowest BCUT2D eigenvalue weighted by atomic mass is 10.4. The summed E-state index contributed by atoms with van der Waals surface area (Å²) in [5, 5.41) is 0.306. The first kappa shape index (κ1) is 17.0. The predicted molar refractivity (Wildman–Crippen MR) is 68.5 cm³/mol. The van der Waals surface area contributed by atoms with Gasteiger partial charge in [0.05, 0.1) is 11.6 Å². The van der Waals surface area contributed by atoms with Crippen LogP contribution in [-0.2, 0) is 13.7 Å². The Kier molecular flexibility index (Phi) is 8.46. The fourth-order valence-corrected chi connectivity index (χ4v) is 1.82. The Morgan fingerprint density at radius 1 is 1.33 bits per heavy atom. The summed E-state index contributed by atoms with van der Waals surface area (Å²) < 4.78 is 25.1. The molecular formula is C10H15O6P2+. The van der Waals surface area contributed by atoms with Gasteiger partial charge in [-0.2, -0.15) is 0 Å². The Morgan fingerprint density at radius 3 is 2.28 bits per heavy atom. The molecule has 100 valence electrons. The second kappa shape index (κ2) is 8.97. The van der Waals surface area contributed by atoms with Crippen LogP contribution in [0.25, 0.3) is 0 Å². The van der Waals surface area contributed by atoms with Gasteiger partial charge in [0.2, 0.25) is 0 Å². The van der Waals surface area contributed by atoms with Crippen molar-refractivity contribution in [2.24, 2.45) is 0 Å². The van der Waals surface area contributed by atoms with Crippen molar-refractivity contribution >= 4 is 21.2 Å². The molecule has 0 radical (unpaired) electrons. The first-order valence-corrected chi connectivity index (χ1v) is 7.71. The first-order chi connectivity index (χ1) is 8.40. The van der Waals surface area contributed by atoms with Gasteiger partial charge in [-0.25, -0.2) is 4.57 Å². The molecule has 0 saturated carbocycles. The summed E-state index contributed by atoms with van der Waals surface area (Å²) in [6, 6.07) is 8.32. The van der Waals surface area contributed by atoms with E-state index >= 15 is 0 Å². The molecule has 0 spiro atoms. The van der Waals surface area contributed by atoms with E-state index in [4.69, 9.17) is 18.9 Å². The number of rotatable bonds is 4. The van der Waals surface area contributed by atoms with Crippen LogP contribution in [0.15, 0.2) is 42.7 Å². The van der Waals surface area contributed by atoms with Crippen molar-refractivity contribution in [1.29, 1.82) is 0 Å². The van der Waals surface area contributed by atoms with Crippen LogP contribution in [0.2, 0.25) is 0 Å². The summed E-state index contributed by atoms with van der Waals surface area (Å²) in [7, 11) is -6.53. The smallest absolute Gasteiger partial charge is 0.430 e. The highest BCUT2D eigenvalue weighted by Gasteiger charge is 2.21. The largest absolute Gasteiger partial charge is 0.692 e. The Balaban J connectivity index is 0.000000631. The number of allylic oxidation sites excluding steroid dienone is 1. The lowest BCUT2D eigenvalue weighted by Crippen LogP contribution is -2.03. The molecule has 0 amide bonds. The van der Waals surface area contributed by atoms with Gasteiger partial charge in [0.1, 0.15) is 0 Å². The van der Waals surface area contributed by atoms with Gasteiger partial charge in [-0.05, 0) is 24.6 Å². The van der Waals surface area contributed by atoms with E-state index in [9.17, 15) is 9.46 Å². The zero-order chi connectivity index (χ0) is 14.0. The van der Waals surface area contributed by atoms with E-state index in [1.165, 1.54) is 6.26 Å². The predicted octanol–water partition coefficient (Wildman–Crippen LogP) is 2.07. The maximum absolute atomic E-state index is 11.6. The highest BCUT2D eigenvalue weighted by molar-refractivity contribution is 7.61. The van der Waals surface area contributed by atoms with Gasteiger partial charge in [-0.15, -0.1) is 9.79 Å². The van der Waals surface area contributed by atoms with Gasteiger partial charge in [-0.3, -0.25) is 0 Å². The third kappa shape index (κ3) is 8.12. The quantitative estimate of drug-likeness (QED) is 0.580. The Labute approximate surface area is 106 Å². The average Bonchev–Trinajstić information content (AvgIpc) is 2.30. The molecular weight excluding hydrogens is 278 g/mol. The highest BCUT2D eigenvalue weighted by atomic mass is 31.2. The molecule has 8 heteroatoms. The van der Waals surface area contributed by atoms with Gasteiger partial charge in [0, 0.05) is 4.57 Å². The summed E-state index contributed by atoms with van der Waals surface area (Å²) >= 11 is 0. The highest BCUT2D eigenvalue weighted by Crippen LogP contribution is 2.40. The van der Waals surface area contributed by atoms with E-state index < -0.39 is 15.9 Å². The van der Waals surface area contributed by atoms with E-state index in [1.54, 1.807) is 36.4 Å². The normalized spacial score (nSPS) is 13.3. The summed E-state index contributed by atoms with van der Waals surface area (Å²) in [6.45, 7) is 1.92. The van der Waals surface area contributed by atoms with Crippen LogP contribution in [0, 0.1) is 0 Å². The molecule has 0 aromatic heterocycles. The van der Waals surface area contributed by atoms with E-state index in [2.05, 4.69) is 0 Å². The minimum absolute atomic E-state index is 0.306. The van der Waals surface area contributed by atoms with Crippen LogP contribution < -0.4 is 5.30 Å². The van der Waals surface area contributed by atoms with Gasteiger partial charge >= 0.3 is 15.9 Å². The Bertz CT molecular complexity index is 427. The van der Waals surface area contributed by atoms with Crippen molar-refractivity contribution < 1.29 is 28.3 Å². The molecule has 3 N–H and O–H groups in total. The van der Waals surface area contributed by atoms with Gasteiger partial charge in [0.15, 0.2) is 0 Å². The molecule has 0 bridgehead atoms. The topological polar surface area (TPSA) is 104 Å².